The summed E-state index contributed by atoms with van der Waals surface area (Å²) in [7, 11) is 0. The lowest BCUT2D eigenvalue weighted by atomic mass is 9.86. The van der Waals surface area contributed by atoms with Gasteiger partial charge in [0.05, 0.1) is 17.0 Å². The lowest BCUT2D eigenvalue weighted by Gasteiger charge is -2.46. The van der Waals surface area contributed by atoms with Gasteiger partial charge in [0.2, 0.25) is 5.91 Å². The first-order valence-electron chi connectivity index (χ1n) is 8.44. The number of likely N-dealkylation sites (tertiary alicyclic amines) is 1. The average Bonchev–Trinajstić information content (AvgIpc) is 3.22. The number of rotatable bonds is 2. The van der Waals surface area contributed by atoms with E-state index in [-0.39, 0.29) is 17.9 Å². The number of hydrogen-bond acceptors (Lipinski definition) is 5. The topological polar surface area (TPSA) is 88.9 Å². The second-order valence-electron chi connectivity index (χ2n) is 6.67. The average molecular weight is 324 g/mol. The quantitative estimate of drug-likeness (QED) is 0.910. The summed E-state index contributed by atoms with van der Waals surface area (Å²) in [5.41, 5.74) is 0.684. The van der Waals surface area contributed by atoms with Crippen LogP contribution in [0.2, 0.25) is 0 Å². The van der Waals surface area contributed by atoms with E-state index in [1.54, 1.807) is 6.33 Å². The molecule has 124 valence electrons. The largest absolute Gasteiger partial charge is 0.354 e. The standard InChI is InChI=1S/C17H20N6O/c18-7-3-14(24)23-10-2-6-17(23)5-1-9-22(11-17)16-13-4-8-19-15(13)20-12-21-16/h4,8,12H,1-3,5-6,9-11H2,(H,19,20,21)/t17-/m0/s1. The monoisotopic (exact) mass is 324 g/mol. The number of nitrogens with one attached hydrogen (secondary N) is 1. The molecule has 0 aromatic carbocycles. The van der Waals surface area contributed by atoms with Gasteiger partial charge in [-0.1, -0.05) is 0 Å². The van der Waals surface area contributed by atoms with Crippen LogP contribution in [-0.2, 0) is 4.79 Å². The van der Waals surface area contributed by atoms with Gasteiger partial charge in [-0.3, -0.25) is 4.79 Å². The third-order valence-corrected chi connectivity index (χ3v) is 5.32. The number of anilines is 1. The highest BCUT2D eigenvalue weighted by molar-refractivity contribution is 5.87. The van der Waals surface area contributed by atoms with Crippen LogP contribution in [0.3, 0.4) is 0 Å². The zero-order chi connectivity index (χ0) is 16.6. The number of fused-ring (bicyclic) bond motifs is 1. The number of nitrogens with zero attached hydrogens (tertiary/aromatic N) is 5. The van der Waals surface area contributed by atoms with Gasteiger partial charge < -0.3 is 14.8 Å². The molecular weight excluding hydrogens is 304 g/mol. The summed E-state index contributed by atoms with van der Waals surface area (Å²) in [6.07, 6.45) is 7.46. The Morgan fingerprint density at radius 3 is 3.00 bits per heavy atom. The van der Waals surface area contributed by atoms with Crippen LogP contribution >= 0.6 is 0 Å². The second kappa shape index (κ2) is 5.78. The van der Waals surface area contributed by atoms with E-state index in [9.17, 15) is 4.79 Å². The summed E-state index contributed by atoms with van der Waals surface area (Å²) in [5, 5.41) is 9.90. The Hall–Kier alpha value is -2.62. The van der Waals surface area contributed by atoms with Crippen molar-refractivity contribution in [2.75, 3.05) is 24.5 Å². The predicted octanol–water partition coefficient (Wildman–Crippen LogP) is 1.83. The molecule has 7 nitrogen and oxygen atoms in total. The fraction of sp³-hybridized carbons (Fsp3) is 0.529. The smallest absolute Gasteiger partial charge is 0.237 e. The molecule has 4 rings (SSSR count). The highest BCUT2D eigenvalue weighted by atomic mass is 16.2. The van der Waals surface area contributed by atoms with Crippen molar-refractivity contribution in [1.29, 1.82) is 5.26 Å². The van der Waals surface area contributed by atoms with Crippen molar-refractivity contribution in [3.63, 3.8) is 0 Å². The normalized spacial score (nSPS) is 23.8. The lowest BCUT2D eigenvalue weighted by Crippen LogP contribution is -2.57. The number of carbonyl (C=O) groups excluding carboxylic acids is 1. The van der Waals surface area contributed by atoms with E-state index < -0.39 is 0 Å². The minimum atomic E-state index is -0.153. The van der Waals surface area contributed by atoms with Gasteiger partial charge in [-0.2, -0.15) is 5.26 Å². The Morgan fingerprint density at radius 1 is 1.33 bits per heavy atom. The van der Waals surface area contributed by atoms with Crippen molar-refractivity contribution in [3.8, 4) is 6.07 Å². The number of hydrogen-bond donors (Lipinski definition) is 1. The summed E-state index contributed by atoms with van der Waals surface area (Å²) in [5.74, 6) is 0.895. The number of piperidine rings is 1. The zero-order valence-electron chi connectivity index (χ0n) is 13.5. The Labute approximate surface area is 140 Å². The van der Waals surface area contributed by atoms with Crippen LogP contribution in [0, 0.1) is 11.3 Å². The van der Waals surface area contributed by atoms with Crippen molar-refractivity contribution in [2.24, 2.45) is 0 Å². The third-order valence-electron chi connectivity index (χ3n) is 5.32. The molecule has 1 spiro atoms. The molecule has 2 aromatic heterocycles. The number of amides is 1. The van der Waals surface area contributed by atoms with E-state index in [4.69, 9.17) is 5.26 Å². The first kappa shape index (κ1) is 14.9. The Morgan fingerprint density at radius 2 is 2.17 bits per heavy atom. The zero-order valence-corrected chi connectivity index (χ0v) is 13.5. The lowest BCUT2D eigenvalue weighted by molar-refractivity contribution is -0.134. The van der Waals surface area contributed by atoms with Crippen LogP contribution in [-0.4, -0.2) is 50.9 Å². The maximum absolute atomic E-state index is 12.4. The van der Waals surface area contributed by atoms with E-state index >= 15 is 0 Å². The molecule has 2 aromatic rings. The van der Waals surface area contributed by atoms with E-state index in [0.29, 0.717) is 0 Å². The second-order valence-corrected chi connectivity index (χ2v) is 6.67. The van der Waals surface area contributed by atoms with Crippen molar-refractivity contribution < 1.29 is 4.79 Å². The van der Waals surface area contributed by atoms with Gasteiger partial charge in [0.15, 0.2) is 0 Å². The van der Waals surface area contributed by atoms with Gasteiger partial charge in [-0.25, -0.2) is 9.97 Å². The fourth-order valence-electron chi connectivity index (χ4n) is 4.32. The molecule has 1 N–H and O–H groups in total. The van der Waals surface area contributed by atoms with Gasteiger partial charge in [-0.05, 0) is 31.7 Å². The molecule has 0 radical (unpaired) electrons. The van der Waals surface area contributed by atoms with E-state index in [1.165, 1.54) is 0 Å². The van der Waals surface area contributed by atoms with Crippen LogP contribution in [0.5, 0.6) is 0 Å². The molecule has 0 aliphatic carbocycles. The molecule has 2 fully saturated rings. The van der Waals surface area contributed by atoms with Gasteiger partial charge in [0.25, 0.3) is 0 Å². The van der Waals surface area contributed by atoms with Crippen LogP contribution in [0.25, 0.3) is 11.0 Å². The van der Waals surface area contributed by atoms with Gasteiger partial charge >= 0.3 is 0 Å². The molecule has 0 saturated carbocycles. The van der Waals surface area contributed by atoms with Gasteiger partial charge in [-0.15, -0.1) is 0 Å². The van der Waals surface area contributed by atoms with E-state index in [0.717, 1.165) is 62.2 Å². The van der Waals surface area contributed by atoms with Gasteiger partial charge in [0, 0.05) is 25.8 Å². The SMILES string of the molecule is N#CCC(=O)N1CCC[C@]12CCCN(c1ncnc3[nH]ccc13)C2. The highest BCUT2D eigenvalue weighted by Gasteiger charge is 2.46. The summed E-state index contributed by atoms with van der Waals surface area (Å²) in [6, 6.07) is 4.00. The molecule has 7 heteroatoms. The van der Waals surface area contributed by atoms with Crippen LogP contribution in [0.1, 0.15) is 32.1 Å². The van der Waals surface area contributed by atoms with E-state index in [2.05, 4.69) is 19.9 Å². The maximum Gasteiger partial charge on any atom is 0.237 e. The number of aromatic nitrogens is 3. The van der Waals surface area contributed by atoms with Crippen LogP contribution in [0.15, 0.2) is 18.6 Å². The van der Waals surface area contributed by atoms with E-state index in [1.807, 2.05) is 23.2 Å². The number of H-pyrrole nitrogens is 1. The van der Waals surface area contributed by atoms with Crippen LogP contribution in [0.4, 0.5) is 5.82 Å². The number of aromatic amines is 1. The molecule has 0 unspecified atom stereocenters. The molecule has 1 atom stereocenters. The Bertz CT molecular complexity index is 809. The summed E-state index contributed by atoms with van der Waals surface area (Å²) in [6.45, 7) is 2.47. The summed E-state index contributed by atoms with van der Waals surface area (Å²) < 4.78 is 0. The van der Waals surface area contributed by atoms with Crippen LogP contribution < -0.4 is 4.90 Å². The number of nitriles is 1. The first-order chi connectivity index (χ1) is 11.7. The molecule has 24 heavy (non-hydrogen) atoms. The summed E-state index contributed by atoms with van der Waals surface area (Å²) >= 11 is 0. The molecule has 2 aliphatic heterocycles. The van der Waals surface area contributed by atoms with Gasteiger partial charge in [0.1, 0.15) is 24.2 Å². The highest BCUT2D eigenvalue weighted by Crippen LogP contribution is 2.39. The first-order valence-corrected chi connectivity index (χ1v) is 8.44. The van der Waals surface area contributed by atoms with Crippen molar-refractivity contribution in [1.82, 2.24) is 19.9 Å². The Kier molecular flexibility index (Phi) is 3.60. The molecule has 4 heterocycles. The molecule has 0 bridgehead atoms. The van der Waals surface area contributed by atoms with Crippen molar-refractivity contribution in [2.45, 2.75) is 37.6 Å². The van der Waals surface area contributed by atoms with Crippen molar-refractivity contribution in [3.05, 3.63) is 18.6 Å². The minimum absolute atomic E-state index is 0.0304. The maximum atomic E-state index is 12.4. The molecule has 2 saturated heterocycles. The minimum Gasteiger partial charge on any atom is -0.354 e. The molecule has 1 amide bonds. The number of carbonyl (C=O) groups is 1. The predicted molar refractivity (Wildman–Crippen MR) is 89.2 cm³/mol. The third kappa shape index (κ3) is 2.30. The van der Waals surface area contributed by atoms with Crippen molar-refractivity contribution >= 4 is 22.8 Å². The Balaban J connectivity index is 1.65. The fourth-order valence-corrected chi connectivity index (χ4v) is 4.32. The molecule has 2 aliphatic rings. The molecular formula is C17H20N6O. The summed E-state index contributed by atoms with van der Waals surface area (Å²) in [4.78, 5) is 28.5.